The van der Waals surface area contributed by atoms with Crippen LogP contribution in [-0.4, -0.2) is 18.8 Å². The minimum absolute atomic E-state index is 0.725. The highest BCUT2D eigenvalue weighted by Gasteiger charge is 2.20. The topological polar surface area (TPSA) is 34.6 Å². The Kier molecular flexibility index (Phi) is 3.76. The Morgan fingerprint density at radius 3 is 1.55 bits per heavy atom. The van der Waals surface area contributed by atoms with Gasteiger partial charge in [-0.05, 0) is 18.2 Å². The summed E-state index contributed by atoms with van der Waals surface area (Å²) in [6.07, 6.45) is 2.00. The van der Waals surface area contributed by atoms with Crippen LogP contribution in [0.3, 0.4) is 0 Å². The number of fused-ring (bicyclic) bond motifs is 11. The maximum Gasteiger partial charge on any atom is 0.159 e. The molecule has 0 aliphatic carbocycles. The van der Waals surface area contributed by atoms with Crippen molar-refractivity contribution in [3.05, 3.63) is 121 Å². The lowest BCUT2D eigenvalue weighted by Crippen LogP contribution is -1.97. The maximum atomic E-state index is 5.26. The Morgan fingerprint density at radius 2 is 0.921 bits per heavy atom. The highest BCUT2D eigenvalue weighted by molar-refractivity contribution is 6.25. The van der Waals surface area contributed by atoms with E-state index in [1.54, 1.807) is 0 Å². The first kappa shape index (κ1) is 19.9. The second-order valence-corrected chi connectivity index (χ2v) is 9.87. The largest absolute Gasteiger partial charge is 0.306 e. The van der Waals surface area contributed by atoms with E-state index in [1.165, 1.54) is 38.1 Å². The summed E-state index contributed by atoms with van der Waals surface area (Å²) in [4.78, 5) is 10.2. The van der Waals surface area contributed by atoms with E-state index in [0.717, 1.165) is 38.8 Å². The third kappa shape index (κ3) is 2.44. The molecule has 4 heterocycles. The fraction of sp³-hybridized carbons (Fsp3) is 0. The van der Waals surface area contributed by atoms with Gasteiger partial charge in [-0.25, -0.2) is 9.97 Å². The number of para-hydroxylation sites is 3. The maximum absolute atomic E-state index is 5.26. The molecule has 0 amide bonds. The normalized spacial score (nSPS) is 12.2. The Bertz CT molecular complexity index is 2390. The lowest BCUT2D eigenvalue weighted by Gasteiger charge is -2.11. The predicted molar refractivity (Wildman–Crippen MR) is 157 cm³/mol. The summed E-state index contributed by atoms with van der Waals surface area (Å²) in [5.41, 5.74) is 8.80. The van der Waals surface area contributed by atoms with Gasteiger partial charge in [0.2, 0.25) is 0 Å². The first-order valence-corrected chi connectivity index (χ1v) is 12.9. The molecular formula is C34H20N4. The molecular weight excluding hydrogens is 464 g/mol. The zero-order chi connectivity index (χ0) is 24.8. The van der Waals surface area contributed by atoms with E-state index in [0.29, 0.717) is 0 Å². The molecule has 4 heteroatoms. The van der Waals surface area contributed by atoms with Crippen molar-refractivity contribution in [2.75, 3.05) is 0 Å². The first-order chi connectivity index (χ1) is 18.9. The molecule has 9 rings (SSSR count). The summed E-state index contributed by atoms with van der Waals surface area (Å²) in [7, 11) is 0. The minimum Gasteiger partial charge on any atom is -0.306 e. The lowest BCUT2D eigenvalue weighted by molar-refractivity contribution is 1.19. The zero-order valence-electron chi connectivity index (χ0n) is 20.3. The van der Waals surface area contributed by atoms with Crippen LogP contribution in [0, 0.1) is 0 Å². The number of nitrogens with zero attached hydrogens (tertiary/aromatic N) is 4. The molecule has 0 saturated carbocycles. The minimum atomic E-state index is 0.725. The van der Waals surface area contributed by atoms with Crippen LogP contribution in [0.15, 0.2) is 121 Å². The van der Waals surface area contributed by atoms with Crippen molar-refractivity contribution in [2.45, 2.75) is 0 Å². The summed E-state index contributed by atoms with van der Waals surface area (Å²) < 4.78 is 4.81. The standard InChI is InChI=1S/C34H20N4/c1-2-10-21(11-3-1)34-35-20-30-31(36-34)26-14-6-9-17-29(26)37-27-15-7-4-12-22(27)24-18-19-25-23-13-5-8-16-28(23)38(30)33(25)32(24)37/h1-20H. The molecule has 0 aliphatic rings. The van der Waals surface area contributed by atoms with Gasteiger partial charge in [0.25, 0.3) is 0 Å². The SMILES string of the molecule is c1ccc(-c2ncc3c(n2)c2ccccc2n2c4ccccc4c4ccc5c6ccccc6n3c5c42)cc1. The van der Waals surface area contributed by atoms with Crippen molar-refractivity contribution in [2.24, 2.45) is 0 Å². The van der Waals surface area contributed by atoms with Gasteiger partial charge >= 0.3 is 0 Å². The molecule has 0 atom stereocenters. The summed E-state index contributed by atoms with van der Waals surface area (Å²) in [5.74, 6) is 0.725. The molecule has 0 spiro atoms. The number of benzene rings is 5. The highest BCUT2D eigenvalue weighted by Crippen LogP contribution is 2.41. The third-order valence-electron chi connectivity index (χ3n) is 7.91. The van der Waals surface area contributed by atoms with Gasteiger partial charge in [-0.3, -0.25) is 0 Å². The van der Waals surface area contributed by atoms with E-state index in [9.17, 15) is 0 Å². The molecule has 4 aromatic heterocycles. The monoisotopic (exact) mass is 484 g/mol. The number of hydrogen-bond acceptors (Lipinski definition) is 2. The van der Waals surface area contributed by atoms with Crippen LogP contribution < -0.4 is 0 Å². The molecule has 0 N–H and O–H groups in total. The second-order valence-electron chi connectivity index (χ2n) is 9.87. The van der Waals surface area contributed by atoms with Gasteiger partial charge in [-0.1, -0.05) is 97.1 Å². The van der Waals surface area contributed by atoms with Gasteiger partial charge in [0.05, 0.1) is 39.3 Å². The van der Waals surface area contributed by atoms with E-state index >= 15 is 0 Å². The molecule has 0 unspecified atom stereocenters. The molecule has 5 aromatic carbocycles. The van der Waals surface area contributed by atoms with Crippen molar-refractivity contribution in [3.63, 3.8) is 0 Å². The van der Waals surface area contributed by atoms with Crippen molar-refractivity contribution in [1.29, 1.82) is 0 Å². The summed E-state index contributed by atoms with van der Waals surface area (Å²) in [5, 5.41) is 6.04. The summed E-state index contributed by atoms with van der Waals surface area (Å²) in [6, 6.07) is 40.8. The van der Waals surface area contributed by atoms with Gasteiger partial charge in [0, 0.05) is 32.5 Å². The van der Waals surface area contributed by atoms with E-state index in [1.807, 2.05) is 24.4 Å². The van der Waals surface area contributed by atoms with E-state index in [2.05, 4.69) is 106 Å². The van der Waals surface area contributed by atoms with Crippen LogP contribution in [-0.2, 0) is 0 Å². The average molecular weight is 485 g/mol. The molecule has 0 bridgehead atoms. The second kappa shape index (κ2) is 7.17. The van der Waals surface area contributed by atoms with Crippen molar-refractivity contribution in [1.82, 2.24) is 18.8 Å². The number of aromatic nitrogens is 4. The van der Waals surface area contributed by atoms with Crippen LogP contribution in [0.5, 0.6) is 0 Å². The van der Waals surface area contributed by atoms with Crippen LogP contribution in [0.1, 0.15) is 0 Å². The Hall–Kier alpha value is -5.22. The fourth-order valence-corrected chi connectivity index (χ4v) is 6.33. The molecule has 38 heavy (non-hydrogen) atoms. The molecule has 0 saturated heterocycles. The van der Waals surface area contributed by atoms with E-state index in [4.69, 9.17) is 9.97 Å². The number of rotatable bonds is 1. The lowest BCUT2D eigenvalue weighted by atomic mass is 10.1. The number of hydrogen-bond donors (Lipinski definition) is 0. The van der Waals surface area contributed by atoms with Crippen molar-refractivity contribution < 1.29 is 0 Å². The van der Waals surface area contributed by atoms with Crippen LogP contribution in [0.25, 0.3) is 76.9 Å². The molecule has 0 fully saturated rings. The third-order valence-corrected chi connectivity index (χ3v) is 7.91. The smallest absolute Gasteiger partial charge is 0.159 e. The quantitative estimate of drug-likeness (QED) is 0.234. The van der Waals surface area contributed by atoms with Gasteiger partial charge in [-0.15, -0.1) is 0 Å². The van der Waals surface area contributed by atoms with E-state index in [-0.39, 0.29) is 0 Å². The molecule has 176 valence electrons. The summed E-state index contributed by atoms with van der Waals surface area (Å²) >= 11 is 0. The van der Waals surface area contributed by atoms with Crippen LogP contribution in [0.4, 0.5) is 0 Å². The molecule has 9 aromatic rings. The van der Waals surface area contributed by atoms with Gasteiger partial charge in [-0.2, -0.15) is 0 Å². The van der Waals surface area contributed by atoms with Gasteiger partial charge in [0.15, 0.2) is 5.82 Å². The van der Waals surface area contributed by atoms with Crippen LogP contribution >= 0.6 is 0 Å². The predicted octanol–water partition coefficient (Wildman–Crippen LogP) is 8.42. The van der Waals surface area contributed by atoms with Crippen molar-refractivity contribution >= 4 is 65.5 Å². The molecule has 0 aliphatic heterocycles. The van der Waals surface area contributed by atoms with E-state index < -0.39 is 0 Å². The molecule has 0 radical (unpaired) electrons. The highest BCUT2D eigenvalue weighted by atomic mass is 15.0. The fourth-order valence-electron chi connectivity index (χ4n) is 6.33. The average Bonchev–Trinajstić information content (AvgIpc) is 3.49. The first-order valence-electron chi connectivity index (χ1n) is 12.9. The van der Waals surface area contributed by atoms with Crippen LogP contribution in [0.2, 0.25) is 0 Å². The van der Waals surface area contributed by atoms with Gasteiger partial charge in [0.1, 0.15) is 5.52 Å². The van der Waals surface area contributed by atoms with Crippen molar-refractivity contribution in [3.8, 4) is 11.4 Å². The Balaban J connectivity index is 1.69. The van der Waals surface area contributed by atoms with Gasteiger partial charge < -0.3 is 8.80 Å². The molecule has 4 nitrogen and oxygen atoms in total. The summed E-state index contributed by atoms with van der Waals surface area (Å²) in [6.45, 7) is 0. The Morgan fingerprint density at radius 1 is 0.421 bits per heavy atom. The Labute approximate surface area is 217 Å². The zero-order valence-corrected chi connectivity index (χ0v) is 20.3.